The first-order valence-electron chi connectivity index (χ1n) is 5.30. The van der Waals surface area contributed by atoms with Gasteiger partial charge in [-0.2, -0.15) is 0 Å². The molecule has 3 N–H and O–H groups in total. The highest BCUT2D eigenvalue weighted by molar-refractivity contribution is 7.89. The molecule has 110 valence electrons. The minimum absolute atomic E-state index is 0.486. The van der Waals surface area contributed by atoms with E-state index in [-0.39, 0.29) is 0 Å². The highest BCUT2D eigenvalue weighted by atomic mass is 32.2. The van der Waals surface area contributed by atoms with Crippen molar-refractivity contribution in [3.8, 4) is 0 Å². The fraction of sp³-hybridized carbons (Fsp3) is 0.333. The lowest BCUT2D eigenvalue weighted by Gasteiger charge is -2.10. The first kappa shape index (κ1) is 15.9. The van der Waals surface area contributed by atoms with Gasteiger partial charge in [0.05, 0.1) is 11.5 Å². The zero-order chi connectivity index (χ0) is 15.5. The first-order valence-corrected chi connectivity index (χ1v) is 6.78. The molecule has 0 aromatic heterocycles. The molecule has 0 saturated heterocycles. The van der Waals surface area contributed by atoms with Gasteiger partial charge < -0.3 is 5.73 Å². The van der Waals surface area contributed by atoms with Crippen LogP contribution in [-0.2, 0) is 10.0 Å². The van der Waals surface area contributed by atoms with Crippen LogP contribution in [0.15, 0.2) is 23.1 Å². The predicted octanol–water partition coefficient (Wildman–Crippen LogP) is -0.257. The van der Waals surface area contributed by atoms with E-state index in [2.05, 4.69) is 0 Å². The highest BCUT2D eigenvalue weighted by Gasteiger charge is 2.31. The molecule has 0 aliphatic carbocycles. The van der Waals surface area contributed by atoms with Gasteiger partial charge in [0.2, 0.25) is 0 Å². The van der Waals surface area contributed by atoms with E-state index in [1.165, 1.54) is 6.07 Å². The Bertz CT molecular complexity index is 644. The molecule has 11 heteroatoms. The zero-order valence-electron chi connectivity index (χ0n) is 10.3. The molecule has 0 saturated carbocycles. The third-order valence-electron chi connectivity index (χ3n) is 2.37. The summed E-state index contributed by atoms with van der Waals surface area (Å²) in [6.07, 6.45) is -1.75. The highest BCUT2D eigenvalue weighted by Crippen LogP contribution is 2.24. The molecule has 0 spiro atoms. The molecule has 1 atom stereocenters. The Morgan fingerprint density at radius 3 is 2.40 bits per heavy atom. The summed E-state index contributed by atoms with van der Waals surface area (Å²) in [4.78, 5) is 19.0. The Morgan fingerprint density at radius 1 is 1.35 bits per heavy atom. The zero-order valence-corrected chi connectivity index (χ0v) is 11.2. The molecule has 0 bridgehead atoms. The summed E-state index contributed by atoms with van der Waals surface area (Å²) in [5, 5.41) is 21.4. The van der Waals surface area contributed by atoms with E-state index in [4.69, 9.17) is 5.73 Å². The number of hydrogen-bond acceptors (Lipinski definition) is 7. The van der Waals surface area contributed by atoms with E-state index in [0.717, 1.165) is 12.1 Å². The quantitative estimate of drug-likeness (QED) is 0.416. The van der Waals surface area contributed by atoms with E-state index in [0.29, 0.717) is 5.56 Å². The monoisotopic (exact) mass is 304 g/mol. The van der Waals surface area contributed by atoms with Crippen molar-refractivity contribution in [3.63, 3.8) is 0 Å². The minimum Gasteiger partial charge on any atom is -0.323 e. The first-order chi connectivity index (χ1) is 9.19. The molecule has 0 heterocycles. The third kappa shape index (κ3) is 3.46. The lowest BCUT2D eigenvalue weighted by atomic mass is 10.2. The number of nitro groups is 2. The summed E-state index contributed by atoms with van der Waals surface area (Å²) in [6.45, 7) is 0.975. The number of aryl methyl sites for hydroxylation is 1. The fourth-order valence-electron chi connectivity index (χ4n) is 1.42. The van der Waals surface area contributed by atoms with Gasteiger partial charge in [0.25, 0.3) is 21.9 Å². The van der Waals surface area contributed by atoms with Crippen LogP contribution in [0.3, 0.4) is 0 Å². The Hall–Kier alpha value is -2.11. The fourth-order valence-corrected chi connectivity index (χ4v) is 2.74. The SMILES string of the molecule is Cc1ccc(S(=O)(=O)NC(CN)[N+](=O)[O-])c([N+](=O)[O-])c1. The van der Waals surface area contributed by atoms with Crippen LogP contribution in [0.25, 0.3) is 0 Å². The van der Waals surface area contributed by atoms with Gasteiger partial charge in [-0.3, -0.25) is 20.2 Å². The van der Waals surface area contributed by atoms with Gasteiger partial charge in [-0.25, -0.2) is 8.42 Å². The average Bonchev–Trinajstić information content (AvgIpc) is 2.35. The topological polar surface area (TPSA) is 158 Å². The van der Waals surface area contributed by atoms with E-state index < -0.39 is 43.2 Å². The second-order valence-corrected chi connectivity index (χ2v) is 5.57. The van der Waals surface area contributed by atoms with Gasteiger partial charge in [0.1, 0.15) is 0 Å². The summed E-state index contributed by atoms with van der Waals surface area (Å²) in [5.74, 6) is 0. The minimum atomic E-state index is -4.42. The van der Waals surface area contributed by atoms with Crippen LogP contribution in [0.1, 0.15) is 5.56 Å². The average molecular weight is 304 g/mol. The van der Waals surface area contributed by atoms with Crippen molar-refractivity contribution < 1.29 is 18.3 Å². The summed E-state index contributed by atoms with van der Waals surface area (Å²) in [5.41, 5.74) is 4.91. The number of nitrogens with one attached hydrogen (secondary N) is 1. The van der Waals surface area contributed by atoms with Crippen molar-refractivity contribution in [2.24, 2.45) is 5.73 Å². The molecule has 1 aromatic rings. The van der Waals surface area contributed by atoms with Crippen molar-refractivity contribution in [1.82, 2.24) is 4.72 Å². The standard InChI is InChI=1S/C9H12N4O6S/c1-6-2-3-8(7(4-6)12(14)15)20(18,19)11-9(5-10)13(16)17/h2-4,9,11H,5,10H2,1H3. The molecule has 0 radical (unpaired) electrons. The predicted molar refractivity (Wildman–Crippen MR) is 68.0 cm³/mol. The van der Waals surface area contributed by atoms with Crippen molar-refractivity contribution in [2.75, 3.05) is 6.54 Å². The van der Waals surface area contributed by atoms with E-state index in [9.17, 15) is 28.6 Å². The number of nitrogens with two attached hydrogens (primary N) is 1. The number of hydrogen-bond donors (Lipinski definition) is 2. The Morgan fingerprint density at radius 2 is 1.95 bits per heavy atom. The number of rotatable bonds is 6. The smallest absolute Gasteiger partial charge is 0.290 e. The second-order valence-electron chi connectivity index (χ2n) is 3.89. The lowest BCUT2D eigenvalue weighted by molar-refractivity contribution is -0.522. The van der Waals surface area contributed by atoms with Crippen LogP contribution in [0, 0.1) is 27.2 Å². The van der Waals surface area contributed by atoms with Crippen LogP contribution >= 0.6 is 0 Å². The van der Waals surface area contributed by atoms with Crippen LogP contribution < -0.4 is 10.5 Å². The van der Waals surface area contributed by atoms with E-state index >= 15 is 0 Å². The second kappa shape index (κ2) is 5.90. The van der Waals surface area contributed by atoms with Crippen molar-refractivity contribution in [1.29, 1.82) is 0 Å². The normalized spacial score (nSPS) is 12.9. The van der Waals surface area contributed by atoms with Gasteiger partial charge in [-0.05, 0) is 18.6 Å². The van der Waals surface area contributed by atoms with Gasteiger partial charge in [-0.1, -0.05) is 6.07 Å². The van der Waals surface area contributed by atoms with Crippen LogP contribution in [-0.4, -0.2) is 31.0 Å². The molecule has 1 aromatic carbocycles. The number of nitrogens with zero attached hydrogens (tertiary/aromatic N) is 2. The molecular weight excluding hydrogens is 292 g/mol. The van der Waals surface area contributed by atoms with Gasteiger partial charge >= 0.3 is 0 Å². The van der Waals surface area contributed by atoms with Gasteiger partial charge in [0, 0.05) is 11.0 Å². The van der Waals surface area contributed by atoms with E-state index in [1.54, 1.807) is 11.6 Å². The molecule has 1 rings (SSSR count). The maximum atomic E-state index is 12.0. The Balaban J connectivity index is 3.29. The van der Waals surface area contributed by atoms with Crippen molar-refractivity contribution in [3.05, 3.63) is 44.0 Å². The lowest BCUT2D eigenvalue weighted by Crippen LogP contribution is -2.45. The van der Waals surface area contributed by atoms with Crippen molar-refractivity contribution >= 4 is 15.7 Å². The van der Waals surface area contributed by atoms with E-state index in [1.807, 2.05) is 0 Å². The van der Waals surface area contributed by atoms with Gasteiger partial charge in [0.15, 0.2) is 4.90 Å². The van der Waals surface area contributed by atoms with Crippen LogP contribution in [0.2, 0.25) is 0 Å². The molecule has 0 aliphatic heterocycles. The van der Waals surface area contributed by atoms with Gasteiger partial charge in [-0.15, -0.1) is 4.72 Å². The number of sulfonamides is 1. The van der Waals surface area contributed by atoms with Crippen LogP contribution in [0.4, 0.5) is 5.69 Å². The molecule has 20 heavy (non-hydrogen) atoms. The molecule has 0 fully saturated rings. The summed E-state index contributed by atoms with van der Waals surface area (Å²) >= 11 is 0. The largest absolute Gasteiger partial charge is 0.323 e. The molecule has 0 amide bonds. The number of nitro benzene ring substituents is 1. The summed E-state index contributed by atoms with van der Waals surface area (Å²) < 4.78 is 25.7. The molecular formula is C9H12N4O6S. The third-order valence-corrected chi connectivity index (χ3v) is 3.88. The maximum Gasteiger partial charge on any atom is 0.290 e. The molecule has 10 nitrogen and oxygen atoms in total. The summed E-state index contributed by atoms with van der Waals surface area (Å²) in [6, 6.07) is 3.44. The molecule has 0 aliphatic rings. The maximum absolute atomic E-state index is 12.0. The van der Waals surface area contributed by atoms with Crippen LogP contribution in [0.5, 0.6) is 0 Å². The summed E-state index contributed by atoms with van der Waals surface area (Å²) in [7, 11) is -4.42. The molecule has 1 unspecified atom stereocenters. The number of benzene rings is 1. The Labute approximate surface area is 113 Å². The Kier molecular flexibility index (Phi) is 4.70. The van der Waals surface area contributed by atoms with Crippen molar-refractivity contribution in [2.45, 2.75) is 18.0 Å².